The number of hydrogen-bond acceptors (Lipinski definition) is 0. The molecule has 1 rings (SSSR count). The van der Waals surface area contributed by atoms with Gasteiger partial charge in [-0.1, -0.05) is 0 Å². The quantitative estimate of drug-likeness (QED) is 0.533. The minimum absolute atomic E-state index is 1.15. The highest BCUT2D eigenvalue weighted by Crippen LogP contribution is 2.15. The standard InChI is InChI=1S/C11H13/c1-5-11-9(3)6-8(2)7-10(11)4/h6-7H,1H2,2-4H3/q+1. The van der Waals surface area contributed by atoms with Crippen molar-refractivity contribution in [2.45, 2.75) is 20.8 Å². The molecule has 0 aliphatic heterocycles. The van der Waals surface area contributed by atoms with Gasteiger partial charge in [-0.05, 0) is 12.5 Å². The van der Waals surface area contributed by atoms with E-state index in [2.05, 4.69) is 45.6 Å². The smallest absolute Gasteiger partial charge is 0.0374 e. The Hall–Kier alpha value is -1.13. The molecule has 0 bridgehead atoms. The molecule has 56 valence electrons. The second-order valence-electron chi connectivity index (χ2n) is 2.95. The first-order chi connectivity index (χ1) is 5.15. The third-order valence-corrected chi connectivity index (χ3v) is 1.85. The molecule has 0 aliphatic rings. The van der Waals surface area contributed by atoms with E-state index < -0.39 is 0 Å². The Bertz CT molecular complexity index is 259. The number of rotatable bonds is 1. The van der Waals surface area contributed by atoms with E-state index in [0.29, 0.717) is 0 Å². The van der Waals surface area contributed by atoms with Crippen LogP contribution in [-0.2, 0) is 0 Å². The third kappa shape index (κ3) is 1.47. The van der Waals surface area contributed by atoms with E-state index in [-0.39, 0.29) is 0 Å². The van der Waals surface area contributed by atoms with Gasteiger partial charge < -0.3 is 0 Å². The van der Waals surface area contributed by atoms with E-state index in [1.807, 2.05) is 0 Å². The lowest BCUT2D eigenvalue weighted by atomic mass is 10.0. The molecule has 0 atom stereocenters. The van der Waals surface area contributed by atoms with Gasteiger partial charge in [0.25, 0.3) is 0 Å². The Kier molecular flexibility index (Phi) is 2.07. The summed E-state index contributed by atoms with van der Waals surface area (Å²) in [6.07, 6.45) is 2.94. The van der Waals surface area contributed by atoms with Crippen molar-refractivity contribution < 1.29 is 0 Å². The molecule has 1 aromatic rings. The molecule has 0 fully saturated rings. The highest BCUT2D eigenvalue weighted by molar-refractivity contribution is 5.40. The zero-order valence-corrected chi connectivity index (χ0v) is 7.36. The van der Waals surface area contributed by atoms with Crippen LogP contribution in [0.2, 0.25) is 0 Å². The Morgan fingerprint density at radius 3 is 1.91 bits per heavy atom. The van der Waals surface area contributed by atoms with Gasteiger partial charge in [0.15, 0.2) is 5.56 Å². The van der Waals surface area contributed by atoms with Crippen LogP contribution in [-0.4, -0.2) is 0 Å². The number of benzene rings is 1. The summed E-state index contributed by atoms with van der Waals surface area (Å²) in [5, 5.41) is 0. The Morgan fingerprint density at radius 2 is 1.55 bits per heavy atom. The minimum Gasteiger partial charge on any atom is -0.0374 e. The molecule has 0 amide bonds. The molecule has 0 nitrogen and oxygen atoms in total. The van der Waals surface area contributed by atoms with Crippen molar-refractivity contribution >= 4 is 0 Å². The van der Waals surface area contributed by atoms with E-state index in [1.54, 1.807) is 0 Å². The van der Waals surface area contributed by atoms with E-state index in [1.165, 1.54) is 16.7 Å². The summed E-state index contributed by atoms with van der Waals surface area (Å²) in [6.45, 7) is 9.94. The van der Waals surface area contributed by atoms with Crippen LogP contribution in [0.4, 0.5) is 0 Å². The van der Waals surface area contributed by atoms with E-state index in [4.69, 9.17) is 0 Å². The molecule has 11 heavy (non-hydrogen) atoms. The summed E-state index contributed by atoms with van der Waals surface area (Å²) >= 11 is 0. The maximum absolute atomic E-state index is 3.66. The molecular formula is C11H13+. The summed E-state index contributed by atoms with van der Waals surface area (Å²) in [7, 11) is 0. The monoisotopic (exact) mass is 145 g/mol. The molecule has 0 heteroatoms. The van der Waals surface area contributed by atoms with Crippen LogP contribution < -0.4 is 0 Å². The van der Waals surface area contributed by atoms with Gasteiger partial charge in [-0.15, -0.1) is 0 Å². The summed E-state index contributed by atoms with van der Waals surface area (Å²) in [5.41, 5.74) is 4.98. The van der Waals surface area contributed by atoms with Crippen molar-refractivity contribution in [3.63, 3.8) is 0 Å². The van der Waals surface area contributed by atoms with Crippen molar-refractivity contribution in [3.8, 4) is 0 Å². The van der Waals surface area contributed by atoms with Gasteiger partial charge in [0, 0.05) is 38.6 Å². The minimum atomic E-state index is 1.15. The van der Waals surface area contributed by atoms with Gasteiger partial charge in [-0.3, -0.25) is 0 Å². The highest BCUT2D eigenvalue weighted by Gasteiger charge is 2.09. The van der Waals surface area contributed by atoms with Gasteiger partial charge in [0.2, 0.25) is 0 Å². The van der Waals surface area contributed by atoms with Crippen LogP contribution in [0.25, 0.3) is 0 Å². The maximum atomic E-state index is 3.66. The molecule has 0 heterocycles. The van der Waals surface area contributed by atoms with Crippen LogP contribution in [0.1, 0.15) is 22.3 Å². The Balaban J connectivity index is 3.36. The SMILES string of the molecule is C=[C+]c1c(C)cc(C)cc1C. The van der Waals surface area contributed by atoms with Gasteiger partial charge in [-0.2, -0.15) is 0 Å². The fourth-order valence-corrected chi connectivity index (χ4v) is 1.46. The zero-order valence-electron chi connectivity index (χ0n) is 7.36. The third-order valence-electron chi connectivity index (χ3n) is 1.85. The molecule has 0 aliphatic carbocycles. The molecule has 0 radical (unpaired) electrons. The van der Waals surface area contributed by atoms with E-state index >= 15 is 0 Å². The molecular weight excluding hydrogens is 132 g/mol. The van der Waals surface area contributed by atoms with Crippen LogP contribution >= 0.6 is 0 Å². The van der Waals surface area contributed by atoms with Crippen LogP contribution in [0.15, 0.2) is 18.7 Å². The molecule has 0 saturated carbocycles. The maximum Gasteiger partial charge on any atom is 0.193 e. The fourth-order valence-electron chi connectivity index (χ4n) is 1.46. The van der Waals surface area contributed by atoms with Gasteiger partial charge in [0.1, 0.15) is 0 Å². The Morgan fingerprint density at radius 1 is 1.09 bits per heavy atom. The average molecular weight is 145 g/mol. The number of aryl methyl sites for hydroxylation is 3. The largest absolute Gasteiger partial charge is 0.193 e. The second-order valence-corrected chi connectivity index (χ2v) is 2.95. The first-order valence-electron chi connectivity index (χ1n) is 3.76. The second kappa shape index (κ2) is 2.86. The lowest BCUT2D eigenvalue weighted by Crippen LogP contribution is -1.88. The van der Waals surface area contributed by atoms with Crippen molar-refractivity contribution in [1.29, 1.82) is 0 Å². The van der Waals surface area contributed by atoms with E-state index in [9.17, 15) is 0 Å². The van der Waals surface area contributed by atoms with Gasteiger partial charge in [-0.25, -0.2) is 0 Å². The number of hydrogen-bond donors (Lipinski definition) is 0. The van der Waals surface area contributed by atoms with Crippen molar-refractivity contribution in [2.75, 3.05) is 0 Å². The molecule has 0 aromatic heterocycles. The molecule has 0 spiro atoms. The first-order valence-corrected chi connectivity index (χ1v) is 3.76. The van der Waals surface area contributed by atoms with Gasteiger partial charge in [0.05, 0.1) is 11.1 Å². The molecule has 0 saturated heterocycles. The summed E-state index contributed by atoms with van der Waals surface area (Å²) in [5.74, 6) is 0. The lowest BCUT2D eigenvalue weighted by molar-refractivity contribution is 1.27. The van der Waals surface area contributed by atoms with E-state index in [0.717, 1.165) is 5.56 Å². The average Bonchev–Trinajstić information content (AvgIpc) is 1.85. The van der Waals surface area contributed by atoms with Crippen LogP contribution in [0, 0.1) is 26.8 Å². The predicted molar refractivity (Wildman–Crippen MR) is 48.6 cm³/mol. The molecule has 0 N–H and O–H groups in total. The van der Waals surface area contributed by atoms with Crippen molar-refractivity contribution in [1.82, 2.24) is 0 Å². The highest BCUT2D eigenvalue weighted by atomic mass is 14.0. The summed E-state index contributed by atoms with van der Waals surface area (Å²) < 4.78 is 0. The fraction of sp³-hybridized carbons (Fsp3) is 0.273. The topological polar surface area (TPSA) is 0 Å². The van der Waals surface area contributed by atoms with Crippen LogP contribution in [0.5, 0.6) is 0 Å². The zero-order chi connectivity index (χ0) is 8.43. The first kappa shape index (κ1) is 7.97. The Labute approximate surface area is 68.6 Å². The normalized spacial score (nSPS) is 9.36. The van der Waals surface area contributed by atoms with Crippen molar-refractivity contribution in [3.05, 3.63) is 47.0 Å². The van der Waals surface area contributed by atoms with Gasteiger partial charge >= 0.3 is 0 Å². The predicted octanol–water partition coefficient (Wildman–Crippen LogP) is 2.95. The molecule has 1 aromatic carbocycles. The lowest BCUT2D eigenvalue weighted by Gasteiger charge is -1.95. The van der Waals surface area contributed by atoms with Crippen LogP contribution in [0.3, 0.4) is 0 Å². The summed E-state index contributed by atoms with van der Waals surface area (Å²) in [4.78, 5) is 0. The van der Waals surface area contributed by atoms with Crippen molar-refractivity contribution in [2.24, 2.45) is 0 Å². The summed E-state index contributed by atoms with van der Waals surface area (Å²) in [6, 6.07) is 4.31. The molecule has 0 unspecified atom stereocenters.